The lowest BCUT2D eigenvalue weighted by atomic mass is 10.2. The fourth-order valence-corrected chi connectivity index (χ4v) is 5.26. The Labute approximate surface area is 164 Å². The van der Waals surface area contributed by atoms with Gasteiger partial charge in [0.05, 0.1) is 21.8 Å². The summed E-state index contributed by atoms with van der Waals surface area (Å²) < 4.78 is 28.6. The molecule has 0 bridgehead atoms. The van der Waals surface area contributed by atoms with Gasteiger partial charge in [0.15, 0.2) is 5.16 Å². The van der Waals surface area contributed by atoms with Gasteiger partial charge in [0.25, 0.3) is 10.0 Å². The first-order valence-electron chi connectivity index (χ1n) is 7.91. The number of para-hydroxylation sites is 1. The van der Waals surface area contributed by atoms with Crippen LogP contribution in [0.1, 0.15) is 0 Å². The number of aromatic nitrogens is 3. The summed E-state index contributed by atoms with van der Waals surface area (Å²) in [7, 11) is -3.73. The van der Waals surface area contributed by atoms with Crippen LogP contribution in [0.4, 0.5) is 5.69 Å². The minimum absolute atomic E-state index is 0.217. The van der Waals surface area contributed by atoms with Crippen LogP contribution in [0.25, 0.3) is 21.5 Å². The molecule has 0 aliphatic rings. The highest BCUT2D eigenvalue weighted by Crippen LogP contribution is 2.32. The zero-order chi connectivity index (χ0) is 18.9. The third-order valence-electron chi connectivity index (χ3n) is 3.79. The number of hydrogen-bond donors (Lipinski definition) is 1. The number of rotatable bonds is 5. The molecule has 3 aromatic heterocycles. The van der Waals surface area contributed by atoms with Crippen LogP contribution in [0.2, 0.25) is 0 Å². The van der Waals surface area contributed by atoms with E-state index in [-0.39, 0.29) is 4.21 Å². The molecule has 0 aliphatic carbocycles. The van der Waals surface area contributed by atoms with E-state index in [2.05, 4.69) is 19.7 Å². The van der Waals surface area contributed by atoms with E-state index in [4.69, 9.17) is 0 Å². The number of fused-ring (bicyclic) bond motifs is 1. The molecule has 0 fully saturated rings. The number of anilines is 1. The van der Waals surface area contributed by atoms with Crippen molar-refractivity contribution >= 4 is 49.7 Å². The molecule has 0 radical (unpaired) electrons. The first-order valence-corrected chi connectivity index (χ1v) is 11.4. The average Bonchev–Trinajstić information content (AvgIpc) is 3.19. The number of thiophene rings is 1. The van der Waals surface area contributed by atoms with Gasteiger partial charge in [0, 0.05) is 17.8 Å². The highest BCUT2D eigenvalue weighted by molar-refractivity contribution is 7.98. The number of nitrogens with zero attached hydrogens (tertiary/aromatic N) is 3. The predicted molar refractivity (Wildman–Crippen MR) is 110 cm³/mol. The first-order chi connectivity index (χ1) is 13.1. The molecule has 0 saturated carbocycles. The van der Waals surface area contributed by atoms with Crippen LogP contribution >= 0.6 is 23.1 Å². The van der Waals surface area contributed by atoms with Crippen LogP contribution in [0.15, 0.2) is 70.3 Å². The Bertz CT molecular complexity index is 1220. The van der Waals surface area contributed by atoms with Crippen molar-refractivity contribution in [3.8, 4) is 10.6 Å². The molecule has 0 unspecified atom stereocenters. The van der Waals surface area contributed by atoms with Crippen molar-refractivity contribution in [1.82, 2.24) is 15.0 Å². The highest BCUT2D eigenvalue weighted by Gasteiger charge is 2.19. The van der Waals surface area contributed by atoms with Gasteiger partial charge < -0.3 is 0 Å². The quantitative estimate of drug-likeness (QED) is 0.388. The van der Waals surface area contributed by atoms with Crippen molar-refractivity contribution in [1.29, 1.82) is 0 Å². The van der Waals surface area contributed by atoms with E-state index in [9.17, 15) is 8.42 Å². The molecule has 4 aromatic rings. The second-order valence-corrected chi connectivity index (χ2v) is 9.30. The van der Waals surface area contributed by atoms with Gasteiger partial charge in [-0.05, 0) is 36.6 Å². The summed E-state index contributed by atoms with van der Waals surface area (Å²) in [6.45, 7) is 0. The highest BCUT2D eigenvalue weighted by atomic mass is 32.2. The maximum Gasteiger partial charge on any atom is 0.271 e. The summed E-state index contributed by atoms with van der Waals surface area (Å²) in [4.78, 5) is 13.6. The van der Waals surface area contributed by atoms with Crippen molar-refractivity contribution < 1.29 is 8.42 Å². The van der Waals surface area contributed by atoms with Gasteiger partial charge in [-0.2, -0.15) is 0 Å². The number of thioether (sulfide) groups is 1. The third-order valence-corrected chi connectivity index (χ3v) is 7.32. The molecule has 0 spiro atoms. The zero-order valence-corrected chi connectivity index (χ0v) is 16.6. The monoisotopic (exact) mass is 414 g/mol. The topological polar surface area (TPSA) is 84.8 Å². The second-order valence-electron chi connectivity index (χ2n) is 5.53. The Morgan fingerprint density at radius 2 is 1.85 bits per heavy atom. The van der Waals surface area contributed by atoms with Gasteiger partial charge in [-0.3, -0.25) is 9.71 Å². The predicted octanol–water partition coefficient (Wildman–Crippen LogP) is 4.28. The fourth-order valence-electron chi connectivity index (χ4n) is 2.56. The van der Waals surface area contributed by atoms with E-state index >= 15 is 0 Å². The SMILES string of the molecule is CSc1nccc(-c2ccc(S(=O)(=O)Nc3cccc4cccnc34)s2)n1. The normalized spacial score (nSPS) is 11.6. The van der Waals surface area contributed by atoms with Crippen molar-refractivity contribution in [2.75, 3.05) is 11.0 Å². The summed E-state index contributed by atoms with van der Waals surface area (Å²) in [6.07, 6.45) is 5.20. The molecule has 0 amide bonds. The van der Waals surface area contributed by atoms with Crippen LogP contribution < -0.4 is 4.72 Å². The van der Waals surface area contributed by atoms with E-state index in [1.54, 1.807) is 42.7 Å². The molecule has 136 valence electrons. The van der Waals surface area contributed by atoms with E-state index in [1.165, 1.54) is 23.1 Å². The van der Waals surface area contributed by atoms with E-state index in [0.717, 1.165) is 10.3 Å². The molecule has 6 nitrogen and oxygen atoms in total. The van der Waals surface area contributed by atoms with Crippen LogP contribution in [0.5, 0.6) is 0 Å². The molecule has 1 aromatic carbocycles. The lowest BCUT2D eigenvalue weighted by molar-refractivity contribution is 0.603. The first kappa shape index (κ1) is 17.9. The minimum Gasteiger partial charge on any atom is -0.277 e. The Morgan fingerprint density at radius 1 is 1.00 bits per heavy atom. The molecule has 0 saturated heterocycles. The molecule has 9 heteroatoms. The largest absolute Gasteiger partial charge is 0.277 e. The summed E-state index contributed by atoms with van der Waals surface area (Å²) >= 11 is 2.60. The van der Waals surface area contributed by atoms with E-state index in [1.807, 2.05) is 24.5 Å². The molecule has 3 heterocycles. The molecule has 1 N–H and O–H groups in total. The standard InChI is InChI=1S/C18H14N4O2S3/c1-25-18-20-11-9-13(21-18)15-7-8-16(26-15)27(23,24)22-14-6-2-4-12-5-3-10-19-17(12)14/h2-11,22H,1H3. The van der Waals surface area contributed by atoms with Gasteiger partial charge in [-0.25, -0.2) is 18.4 Å². The van der Waals surface area contributed by atoms with Crippen LogP contribution in [0, 0.1) is 0 Å². The fraction of sp³-hybridized carbons (Fsp3) is 0.0556. The Kier molecular flexibility index (Phi) is 4.81. The van der Waals surface area contributed by atoms with Crippen molar-refractivity contribution in [2.24, 2.45) is 0 Å². The number of benzene rings is 1. The Hall–Kier alpha value is -2.49. The van der Waals surface area contributed by atoms with Crippen molar-refractivity contribution in [3.05, 3.63) is 60.9 Å². The number of hydrogen-bond acceptors (Lipinski definition) is 7. The number of nitrogens with one attached hydrogen (secondary N) is 1. The Balaban J connectivity index is 1.67. The molecular weight excluding hydrogens is 400 g/mol. The van der Waals surface area contributed by atoms with Crippen molar-refractivity contribution in [3.63, 3.8) is 0 Å². The maximum atomic E-state index is 12.8. The van der Waals surface area contributed by atoms with Gasteiger partial charge in [0.1, 0.15) is 4.21 Å². The smallest absolute Gasteiger partial charge is 0.271 e. The second kappa shape index (κ2) is 7.26. The van der Waals surface area contributed by atoms with Crippen LogP contribution in [-0.2, 0) is 10.0 Å². The molecule has 0 aliphatic heterocycles. The van der Waals surface area contributed by atoms with Gasteiger partial charge in [0.2, 0.25) is 0 Å². The van der Waals surface area contributed by atoms with E-state index < -0.39 is 10.0 Å². The number of pyridine rings is 1. The molecule has 4 rings (SSSR count). The van der Waals surface area contributed by atoms with Gasteiger partial charge >= 0.3 is 0 Å². The maximum absolute atomic E-state index is 12.8. The zero-order valence-electron chi connectivity index (χ0n) is 14.2. The summed E-state index contributed by atoms with van der Waals surface area (Å²) in [5.74, 6) is 0. The molecule has 27 heavy (non-hydrogen) atoms. The van der Waals surface area contributed by atoms with Crippen LogP contribution in [0.3, 0.4) is 0 Å². The Morgan fingerprint density at radius 3 is 2.70 bits per heavy atom. The van der Waals surface area contributed by atoms with Gasteiger partial charge in [-0.1, -0.05) is 30.0 Å². The lowest BCUT2D eigenvalue weighted by Crippen LogP contribution is -2.11. The summed E-state index contributed by atoms with van der Waals surface area (Å²) in [5.41, 5.74) is 1.77. The summed E-state index contributed by atoms with van der Waals surface area (Å²) in [5, 5.41) is 1.51. The number of sulfonamides is 1. The van der Waals surface area contributed by atoms with Gasteiger partial charge in [-0.15, -0.1) is 11.3 Å². The third kappa shape index (κ3) is 3.66. The minimum atomic E-state index is -3.73. The van der Waals surface area contributed by atoms with Crippen LogP contribution in [-0.4, -0.2) is 29.6 Å². The van der Waals surface area contributed by atoms with Crippen molar-refractivity contribution in [2.45, 2.75) is 9.37 Å². The van der Waals surface area contributed by atoms with E-state index in [0.29, 0.717) is 22.1 Å². The summed E-state index contributed by atoms with van der Waals surface area (Å²) in [6, 6.07) is 14.2. The lowest BCUT2D eigenvalue weighted by Gasteiger charge is -2.08. The molecule has 0 atom stereocenters. The molecular formula is C18H14N4O2S3. The average molecular weight is 415 g/mol.